The summed E-state index contributed by atoms with van der Waals surface area (Å²) in [5.41, 5.74) is 1.99. The zero-order valence-corrected chi connectivity index (χ0v) is 19.8. The molecule has 0 bridgehead atoms. The molecule has 4 rings (SSSR count). The normalized spacial score (nSPS) is 20.8. The third kappa shape index (κ3) is 9.41. The second-order valence-electron chi connectivity index (χ2n) is 7.97. The number of carboxylic acids is 2. The first kappa shape index (κ1) is 30.7. The minimum atomic E-state index is -5.08. The molecule has 1 saturated heterocycles. The van der Waals surface area contributed by atoms with Gasteiger partial charge in [0.25, 0.3) is 0 Å². The molecule has 0 radical (unpaired) electrons. The number of ether oxygens (including phenoxy) is 2. The highest BCUT2D eigenvalue weighted by molar-refractivity contribution is 5.73. The molecule has 1 saturated carbocycles. The summed E-state index contributed by atoms with van der Waals surface area (Å²) in [5, 5.41) is 14.2. The topological polar surface area (TPSA) is 135 Å². The Morgan fingerprint density at radius 2 is 1.71 bits per heavy atom. The number of pyridine rings is 1. The highest BCUT2D eigenvalue weighted by atomic mass is 19.4. The predicted octanol–water partition coefficient (Wildman–Crippen LogP) is 3.40. The van der Waals surface area contributed by atoms with Crippen LogP contribution in [0.2, 0.25) is 0 Å². The molecule has 3 atom stereocenters. The Labute approximate surface area is 212 Å². The minimum Gasteiger partial charge on any atom is -0.475 e. The number of alkyl halides is 6. The van der Waals surface area contributed by atoms with Gasteiger partial charge in [-0.15, -0.1) is 0 Å². The van der Waals surface area contributed by atoms with E-state index >= 15 is 0 Å². The van der Waals surface area contributed by atoms with Gasteiger partial charge in [0.15, 0.2) is 0 Å². The lowest BCUT2D eigenvalue weighted by molar-refractivity contribution is -0.193. The standard InChI is InChI=1S/C18H22N4O2.2C2HF3O2/c1-13-3-2-4-14(21-13)11-24-16-6-5-15-18(16)23-10-9-22(15)17-7-8-19-12-20-17;2*3-2(4,5)1(6)7/h2-4,7-8,12,15-16,18H,5-6,9-11H2,1H3;2*(H,6,7)/t15-,16+,18+;;/m0../s1. The van der Waals surface area contributed by atoms with Crippen LogP contribution in [0, 0.1) is 6.92 Å². The summed E-state index contributed by atoms with van der Waals surface area (Å²) in [4.78, 5) is 33.0. The Balaban J connectivity index is 0.000000301. The van der Waals surface area contributed by atoms with E-state index in [1.807, 2.05) is 31.2 Å². The Morgan fingerprint density at radius 3 is 2.24 bits per heavy atom. The van der Waals surface area contributed by atoms with Gasteiger partial charge in [-0.1, -0.05) is 6.07 Å². The predicted molar refractivity (Wildman–Crippen MR) is 117 cm³/mol. The van der Waals surface area contributed by atoms with Gasteiger partial charge in [-0.25, -0.2) is 19.6 Å². The van der Waals surface area contributed by atoms with E-state index in [0.717, 1.165) is 36.6 Å². The average molecular weight is 554 g/mol. The van der Waals surface area contributed by atoms with Crippen LogP contribution >= 0.6 is 0 Å². The highest BCUT2D eigenvalue weighted by Gasteiger charge is 2.44. The van der Waals surface area contributed by atoms with Crippen molar-refractivity contribution in [1.29, 1.82) is 0 Å². The number of fused-ring (bicyclic) bond motifs is 1. The van der Waals surface area contributed by atoms with Crippen molar-refractivity contribution >= 4 is 17.8 Å². The summed E-state index contributed by atoms with van der Waals surface area (Å²) in [6.45, 7) is 4.10. The third-order valence-electron chi connectivity index (χ3n) is 5.27. The SMILES string of the molecule is Cc1cccc(CO[C@@H]2CC[C@H]3[C@H]2OCCN3c2ccncn2)n1.O=C(O)C(F)(F)F.O=C(O)C(F)(F)F. The van der Waals surface area contributed by atoms with E-state index in [4.69, 9.17) is 29.3 Å². The molecule has 0 unspecified atom stereocenters. The van der Waals surface area contributed by atoms with Gasteiger partial charge in [-0.05, 0) is 38.0 Å². The lowest BCUT2D eigenvalue weighted by atomic mass is 10.1. The van der Waals surface area contributed by atoms with Gasteiger partial charge in [-0.3, -0.25) is 4.98 Å². The number of nitrogens with zero attached hydrogens (tertiary/aromatic N) is 4. The molecule has 2 fully saturated rings. The van der Waals surface area contributed by atoms with Gasteiger partial charge in [0, 0.05) is 18.4 Å². The molecular formula is C22H24F6N4O6. The van der Waals surface area contributed by atoms with Crippen molar-refractivity contribution in [2.75, 3.05) is 18.1 Å². The molecule has 0 amide bonds. The summed E-state index contributed by atoms with van der Waals surface area (Å²) < 4.78 is 75.7. The van der Waals surface area contributed by atoms with Crippen LogP contribution in [0.3, 0.4) is 0 Å². The molecule has 0 spiro atoms. The van der Waals surface area contributed by atoms with Gasteiger partial charge in [0.2, 0.25) is 0 Å². The number of hydrogen-bond acceptors (Lipinski definition) is 8. The Morgan fingerprint density at radius 1 is 1.08 bits per heavy atom. The monoisotopic (exact) mass is 554 g/mol. The maximum Gasteiger partial charge on any atom is 0.490 e. The van der Waals surface area contributed by atoms with E-state index in [1.165, 1.54) is 0 Å². The summed E-state index contributed by atoms with van der Waals surface area (Å²) in [6.07, 6.45) is -4.50. The number of carbonyl (C=O) groups is 2. The highest BCUT2D eigenvalue weighted by Crippen LogP contribution is 2.34. The molecule has 1 aliphatic heterocycles. The van der Waals surface area contributed by atoms with E-state index in [9.17, 15) is 26.3 Å². The van der Waals surface area contributed by atoms with Crippen molar-refractivity contribution in [3.05, 3.63) is 48.2 Å². The third-order valence-corrected chi connectivity index (χ3v) is 5.27. The number of aryl methyl sites for hydroxylation is 1. The van der Waals surface area contributed by atoms with Crippen LogP contribution in [0.15, 0.2) is 36.8 Å². The van der Waals surface area contributed by atoms with E-state index in [0.29, 0.717) is 19.3 Å². The van der Waals surface area contributed by atoms with Crippen molar-refractivity contribution in [3.8, 4) is 0 Å². The fourth-order valence-corrected chi connectivity index (χ4v) is 3.70. The van der Waals surface area contributed by atoms with Crippen molar-refractivity contribution in [2.24, 2.45) is 0 Å². The number of aromatic nitrogens is 3. The van der Waals surface area contributed by atoms with Crippen LogP contribution in [0.4, 0.5) is 32.2 Å². The number of anilines is 1. The van der Waals surface area contributed by atoms with Gasteiger partial charge in [0.1, 0.15) is 18.2 Å². The van der Waals surface area contributed by atoms with E-state index < -0.39 is 24.3 Å². The van der Waals surface area contributed by atoms with Gasteiger partial charge < -0.3 is 24.6 Å². The quantitative estimate of drug-likeness (QED) is 0.542. The van der Waals surface area contributed by atoms with E-state index in [2.05, 4.69) is 19.9 Å². The number of hydrogen-bond donors (Lipinski definition) is 2. The second-order valence-corrected chi connectivity index (χ2v) is 7.97. The van der Waals surface area contributed by atoms with E-state index in [1.54, 1.807) is 12.5 Å². The van der Waals surface area contributed by atoms with Crippen LogP contribution in [-0.2, 0) is 25.7 Å². The maximum absolute atomic E-state index is 10.6. The van der Waals surface area contributed by atoms with Crippen LogP contribution in [0.1, 0.15) is 24.2 Å². The molecule has 2 aromatic heterocycles. The number of aliphatic carboxylic acids is 2. The Bertz CT molecular complexity index is 1030. The van der Waals surface area contributed by atoms with E-state index in [-0.39, 0.29) is 12.2 Å². The van der Waals surface area contributed by atoms with Crippen molar-refractivity contribution in [1.82, 2.24) is 15.0 Å². The fourth-order valence-electron chi connectivity index (χ4n) is 3.70. The first-order valence-corrected chi connectivity index (χ1v) is 11.0. The summed E-state index contributed by atoms with van der Waals surface area (Å²) >= 11 is 0. The van der Waals surface area contributed by atoms with Crippen molar-refractivity contribution < 1.29 is 55.6 Å². The van der Waals surface area contributed by atoms with Crippen LogP contribution in [-0.4, -0.2) is 80.9 Å². The molecule has 210 valence electrons. The van der Waals surface area contributed by atoms with Crippen LogP contribution in [0.25, 0.3) is 0 Å². The summed E-state index contributed by atoms with van der Waals surface area (Å²) in [7, 11) is 0. The number of halogens is 6. The van der Waals surface area contributed by atoms with Crippen molar-refractivity contribution in [3.63, 3.8) is 0 Å². The molecule has 0 aromatic carbocycles. The second kappa shape index (κ2) is 13.3. The summed E-state index contributed by atoms with van der Waals surface area (Å²) in [5.74, 6) is -4.54. The number of carboxylic acid groups (broad SMARTS) is 2. The van der Waals surface area contributed by atoms with Crippen LogP contribution < -0.4 is 4.90 Å². The summed E-state index contributed by atoms with van der Waals surface area (Å²) in [6, 6.07) is 8.32. The maximum atomic E-state index is 10.6. The van der Waals surface area contributed by atoms with Gasteiger partial charge >= 0.3 is 24.3 Å². The molecule has 3 heterocycles. The molecule has 10 nitrogen and oxygen atoms in total. The molecule has 2 N–H and O–H groups in total. The van der Waals surface area contributed by atoms with Gasteiger partial charge in [-0.2, -0.15) is 26.3 Å². The molecule has 2 aliphatic rings. The van der Waals surface area contributed by atoms with Crippen molar-refractivity contribution in [2.45, 2.75) is 57.0 Å². The molecule has 16 heteroatoms. The number of morpholine rings is 1. The minimum absolute atomic E-state index is 0.0959. The Kier molecular flexibility index (Phi) is 10.8. The zero-order chi connectivity index (χ0) is 28.5. The number of rotatable bonds is 4. The van der Waals surface area contributed by atoms with Gasteiger partial charge in [0.05, 0.1) is 31.1 Å². The first-order chi connectivity index (χ1) is 17.7. The lowest BCUT2D eigenvalue weighted by Crippen LogP contribution is -2.52. The first-order valence-electron chi connectivity index (χ1n) is 11.0. The fraction of sp³-hybridized carbons (Fsp3) is 0.500. The Hall–Kier alpha value is -3.53. The smallest absolute Gasteiger partial charge is 0.475 e. The van der Waals surface area contributed by atoms with Crippen LogP contribution in [0.5, 0.6) is 0 Å². The lowest BCUT2D eigenvalue weighted by Gasteiger charge is -2.39. The zero-order valence-electron chi connectivity index (χ0n) is 19.8. The molecule has 38 heavy (non-hydrogen) atoms. The molecule has 2 aromatic rings. The molecule has 1 aliphatic carbocycles. The largest absolute Gasteiger partial charge is 0.490 e. The average Bonchev–Trinajstić information content (AvgIpc) is 3.26. The molecular weight excluding hydrogens is 530 g/mol.